The third-order valence-corrected chi connectivity index (χ3v) is 3.94. The molecule has 2 saturated heterocycles. The average molecular weight is 270 g/mol. The molecule has 6 heteroatoms. The first kappa shape index (κ1) is 12.5. The van der Waals surface area contributed by atoms with Gasteiger partial charge in [0.05, 0.1) is 5.56 Å². The van der Waals surface area contributed by atoms with E-state index in [0.29, 0.717) is 24.9 Å². The molecule has 0 spiro atoms. The molecule has 0 radical (unpaired) electrons. The van der Waals surface area contributed by atoms with Gasteiger partial charge in [-0.2, -0.15) is 0 Å². The van der Waals surface area contributed by atoms with E-state index in [9.17, 15) is 18.0 Å². The fourth-order valence-electron chi connectivity index (χ4n) is 2.88. The normalized spacial score (nSPS) is 25.7. The molecule has 0 bridgehead atoms. The molecule has 3 nitrogen and oxygen atoms in total. The van der Waals surface area contributed by atoms with Crippen LogP contribution >= 0.6 is 0 Å². The Morgan fingerprint density at radius 1 is 1.11 bits per heavy atom. The van der Waals surface area contributed by atoms with E-state index in [4.69, 9.17) is 0 Å². The summed E-state index contributed by atoms with van der Waals surface area (Å²) in [7, 11) is 0. The fraction of sp³-hybridized carbons (Fsp3) is 0.462. The minimum Gasteiger partial charge on any atom is -0.338 e. The highest BCUT2D eigenvalue weighted by molar-refractivity contribution is 5.94. The summed E-state index contributed by atoms with van der Waals surface area (Å²) in [5.41, 5.74) is -0.396. The number of nitrogens with zero attached hydrogens (tertiary/aromatic N) is 1. The lowest BCUT2D eigenvalue weighted by Gasteiger charge is -2.18. The van der Waals surface area contributed by atoms with Crippen molar-refractivity contribution in [3.63, 3.8) is 0 Å². The summed E-state index contributed by atoms with van der Waals surface area (Å²) >= 11 is 0. The van der Waals surface area contributed by atoms with Crippen LogP contribution in [0.5, 0.6) is 0 Å². The Hall–Kier alpha value is -1.56. The standard InChI is InChI=1S/C13H13F3N2O/c14-10-2-1-9(11(15)12(10)16)13(19)18-5-7-3-17-4-8(7)6-18/h1-2,7-8,17H,3-6H2/t7-,8+. The van der Waals surface area contributed by atoms with Crippen LogP contribution in [0.2, 0.25) is 0 Å². The third kappa shape index (κ3) is 2.00. The predicted octanol–water partition coefficient (Wildman–Crippen LogP) is 1.40. The summed E-state index contributed by atoms with van der Waals surface area (Å²) in [4.78, 5) is 13.7. The van der Waals surface area contributed by atoms with Crippen molar-refractivity contribution < 1.29 is 18.0 Å². The predicted molar refractivity (Wildman–Crippen MR) is 62.1 cm³/mol. The van der Waals surface area contributed by atoms with E-state index in [1.807, 2.05) is 0 Å². The van der Waals surface area contributed by atoms with E-state index in [2.05, 4.69) is 5.32 Å². The van der Waals surface area contributed by atoms with Crippen LogP contribution in [0, 0.1) is 29.3 Å². The van der Waals surface area contributed by atoms with Gasteiger partial charge in [-0.1, -0.05) is 0 Å². The SMILES string of the molecule is O=C(c1ccc(F)c(F)c1F)N1C[C@H]2CNC[C@H]2C1. The van der Waals surface area contributed by atoms with Crippen molar-refractivity contribution in [3.8, 4) is 0 Å². The van der Waals surface area contributed by atoms with E-state index in [-0.39, 0.29) is 0 Å². The van der Waals surface area contributed by atoms with Crippen molar-refractivity contribution in [3.05, 3.63) is 35.1 Å². The van der Waals surface area contributed by atoms with Gasteiger partial charge in [0.2, 0.25) is 0 Å². The molecule has 1 N–H and O–H groups in total. The first-order chi connectivity index (χ1) is 9.08. The second kappa shape index (κ2) is 4.52. The molecular formula is C13H13F3N2O. The second-order valence-corrected chi connectivity index (χ2v) is 5.11. The van der Waals surface area contributed by atoms with Gasteiger partial charge in [0.25, 0.3) is 5.91 Å². The summed E-state index contributed by atoms with van der Waals surface area (Å²) in [6.45, 7) is 2.76. The average Bonchev–Trinajstić information content (AvgIpc) is 2.96. The first-order valence-corrected chi connectivity index (χ1v) is 6.21. The van der Waals surface area contributed by atoms with Crippen LogP contribution < -0.4 is 5.32 Å². The third-order valence-electron chi connectivity index (χ3n) is 3.94. The van der Waals surface area contributed by atoms with Crippen LogP contribution in [-0.2, 0) is 0 Å². The van der Waals surface area contributed by atoms with Gasteiger partial charge in [-0.25, -0.2) is 13.2 Å². The lowest BCUT2D eigenvalue weighted by molar-refractivity contribution is 0.0775. The zero-order valence-electron chi connectivity index (χ0n) is 10.1. The van der Waals surface area contributed by atoms with Gasteiger partial charge < -0.3 is 10.2 Å². The molecule has 3 rings (SSSR count). The second-order valence-electron chi connectivity index (χ2n) is 5.11. The Balaban J connectivity index is 1.83. The minimum atomic E-state index is -1.59. The molecule has 2 heterocycles. The lowest BCUT2D eigenvalue weighted by Crippen LogP contribution is -2.32. The minimum absolute atomic E-state index is 0.373. The number of fused-ring (bicyclic) bond motifs is 1. The van der Waals surface area contributed by atoms with Gasteiger partial charge in [0.1, 0.15) is 0 Å². The van der Waals surface area contributed by atoms with Crippen molar-refractivity contribution in [1.82, 2.24) is 10.2 Å². The molecule has 0 aliphatic carbocycles. The highest BCUT2D eigenvalue weighted by atomic mass is 19.2. The number of rotatable bonds is 1. The fourth-order valence-corrected chi connectivity index (χ4v) is 2.88. The van der Waals surface area contributed by atoms with Crippen molar-refractivity contribution >= 4 is 5.91 Å². The van der Waals surface area contributed by atoms with Crippen LogP contribution in [0.15, 0.2) is 12.1 Å². The molecule has 2 fully saturated rings. The zero-order chi connectivity index (χ0) is 13.6. The largest absolute Gasteiger partial charge is 0.338 e. The summed E-state index contributed by atoms with van der Waals surface area (Å²) in [6.07, 6.45) is 0. The van der Waals surface area contributed by atoms with Crippen molar-refractivity contribution in [1.29, 1.82) is 0 Å². The summed E-state index contributed by atoms with van der Waals surface area (Å²) < 4.78 is 39.6. The Labute approximate surface area is 108 Å². The Morgan fingerprint density at radius 2 is 1.74 bits per heavy atom. The number of halogens is 3. The number of nitrogens with one attached hydrogen (secondary N) is 1. The quantitative estimate of drug-likeness (QED) is 0.782. The topological polar surface area (TPSA) is 32.3 Å². The van der Waals surface area contributed by atoms with Crippen LogP contribution in [0.25, 0.3) is 0 Å². The molecule has 0 aromatic heterocycles. The Bertz CT molecular complexity index is 523. The van der Waals surface area contributed by atoms with Crippen molar-refractivity contribution in [2.24, 2.45) is 11.8 Å². The van der Waals surface area contributed by atoms with E-state index in [1.54, 1.807) is 0 Å². The van der Waals surface area contributed by atoms with E-state index < -0.39 is 28.9 Å². The molecule has 19 heavy (non-hydrogen) atoms. The number of likely N-dealkylation sites (tertiary alicyclic amines) is 1. The summed E-state index contributed by atoms with van der Waals surface area (Å²) in [5.74, 6) is -4.09. The monoisotopic (exact) mass is 270 g/mol. The Kier molecular flexibility index (Phi) is 2.97. The number of carbonyl (C=O) groups is 1. The maximum atomic E-state index is 13.6. The van der Waals surface area contributed by atoms with Crippen LogP contribution in [0.1, 0.15) is 10.4 Å². The van der Waals surface area contributed by atoms with Gasteiger partial charge >= 0.3 is 0 Å². The van der Waals surface area contributed by atoms with Gasteiger partial charge in [-0.3, -0.25) is 4.79 Å². The molecule has 1 amide bonds. The van der Waals surface area contributed by atoms with Crippen LogP contribution in [0.3, 0.4) is 0 Å². The van der Waals surface area contributed by atoms with Gasteiger partial charge in [-0.15, -0.1) is 0 Å². The van der Waals surface area contributed by atoms with E-state index in [1.165, 1.54) is 4.90 Å². The van der Waals surface area contributed by atoms with Gasteiger partial charge in [0, 0.05) is 26.2 Å². The van der Waals surface area contributed by atoms with Crippen molar-refractivity contribution in [2.45, 2.75) is 0 Å². The zero-order valence-corrected chi connectivity index (χ0v) is 10.1. The number of amides is 1. The molecule has 0 saturated carbocycles. The number of benzene rings is 1. The molecule has 1 aromatic rings. The van der Waals surface area contributed by atoms with Crippen LogP contribution in [0.4, 0.5) is 13.2 Å². The molecule has 102 valence electrons. The lowest BCUT2D eigenvalue weighted by atomic mass is 10.0. The Morgan fingerprint density at radius 3 is 2.37 bits per heavy atom. The number of carbonyl (C=O) groups excluding carboxylic acids is 1. The molecule has 2 atom stereocenters. The highest BCUT2D eigenvalue weighted by Gasteiger charge is 2.39. The molecule has 1 aromatic carbocycles. The molecular weight excluding hydrogens is 257 g/mol. The first-order valence-electron chi connectivity index (χ1n) is 6.21. The smallest absolute Gasteiger partial charge is 0.256 e. The number of hydrogen-bond acceptors (Lipinski definition) is 2. The molecule has 2 aliphatic rings. The van der Waals surface area contributed by atoms with Crippen molar-refractivity contribution in [2.75, 3.05) is 26.2 Å². The summed E-state index contributed by atoms with van der Waals surface area (Å²) in [5, 5.41) is 3.23. The summed E-state index contributed by atoms with van der Waals surface area (Å²) in [6, 6.07) is 1.78. The van der Waals surface area contributed by atoms with E-state index >= 15 is 0 Å². The maximum absolute atomic E-state index is 13.6. The molecule has 2 aliphatic heterocycles. The molecule has 0 unspecified atom stereocenters. The van der Waals surface area contributed by atoms with E-state index in [0.717, 1.165) is 25.2 Å². The highest BCUT2D eigenvalue weighted by Crippen LogP contribution is 2.28. The van der Waals surface area contributed by atoms with Crippen LogP contribution in [-0.4, -0.2) is 37.0 Å². The maximum Gasteiger partial charge on any atom is 0.256 e. The van der Waals surface area contributed by atoms with Gasteiger partial charge in [0.15, 0.2) is 17.5 Å². The number of hydrogen-bond donors (Lipinski definition) is 1. The van der Waals surface area contributed by atoms with Gasteiger partial charge in [-0.05, 0) is 24.0 Å².